The third-order valence-corrected chi connectivity index (χ3v) is 2.55. The summed E-state index contributed by atoms with van der Waals surface area (Å²) in [7, 11) is 0. The van der Waals surface area contributed by atoms with Crippen LogP contribution in [0.3, 0.4) is 0 Å². The molecular formula is C10H12F3NO3. The minimum absolute atomic E-state index is 0.153. The Morgan fingerprint density at radius 3 is 2.24 bits per heavy atom. The van der Waals surface area contributed by atoms with Gasteiger partial charge in [-0.2, -0.15) is 13.2 Å². The number of carboxylic acids is 1. The number of nitrogens with one attached hydrogen (secondary N) is 1. The van der Waals surface area contributed by atoms with Crippen molar-refractivity contribution in [1.29, 1.82) is 0 Å². The minimum Gasteiger partial charge on any atom is -0.481 e. The number of carbonyl (C=O) groups excluding carboxylic acids is 1. The summed E-state index contributed by atoms with van der Waals surface area (Å²) in [5, 5.41) is 10.6. The number of hydrogen-bond donors (Lipinski definition) is 2. The first-order valence-electron chi connectivity index (χ1n) is 5.03. The molecule has 0 heterocycles. The Hall–Kier alpha value is -1.53. The predicted molar refractivity (Wildman–Crippen MR) is 52.1 cm³/mol. The SMILES string of the molecule is O=C(O)C1CC=CCC1C(=O)NCC(F)(F)F. The minimum atomic E-state index is -4.49. The maximum absolute atomic E-state index is 11.9. The topological polar surface area (TPSA) is 66.4 Å². The van der Waals surface area contributed by atoms with E-state index in [1.54, 1.807) is 17.5 Å². The lowest BCUT2D eigenvalue weighted by molar-refractivity contribution is -0.150. The van der Waals surface area contributed by atoms with Crippen molar-refractivity contribution in [2.24, 2.45) is 11.8 Å². The fraction of sp³-hybridized carbons (Fsp3) is 0.600. The highest BCUT2D eigenvalue weighted by atomic mass is 19.4. The van der Waals surface area contributed by atoms with Gasteiger partial charge in [0.1, 0.15) is 6.54 Å². The molecule has 0 aromatic rings. The van der Waals surface area contributed by atoms with E-state index in [1.807, 2.05) is 0 Å². The number of alkyl halides is 3. The molecule has 0 saturated carbocycles. The molecule has 7 heteroatoms. The van der Waals surface area contributed by atoms with Crippen LogP contribution in [0.25, 0.3) is 0 Å². The van der Waals surface area contributed by atoms with Gasteiger partial charge in [0.2, 0.25) is 5.91 Å². The van der Waals surface area contributed by atoms with E-state index in [1.165, 1.54) is 0 Å². The van der Waals surface area contributed by atoms with Crippen molar-refractivity contribution in [2.45, 2.75) is 19.0 Å². The number of rotatable bonds is 3. The zero-order chi connectivity index (χ0) is 13.1. The molecule has 0 aliphatic heterocycles. The third kappa shape index (κ3) is 4.08. The highest BCUT2D eigenvalue weighted by molar-refractivity contribution is 5.85. The lowest BCUT2D eigenvalue weighted by Gasteiger charge is -2.24. The van der Waals surface area contributed by atoms with Crippen molar-refractivity contribution in [3.63, 3.8) is 0 Å². The summed E-state index contributed by atoms with van der Waals surface area (Å²) in [6.07, 6.45) is -0.942. The molecule has 17 heavy (non-hydrogen) atoms. The molecular weight excluding hydrogens is 239 g/mol. The summed E-state index contributed by atoms with van der Waals surface area (Å²) >= 11 is 0. The average molecular weight is 251 g/mol. The fourth-order valence-corrected chi connectivity index (χ4v) is 1.70. The molecule has 0 fully saturated rings. The van der Waals surface area contributed by atoms with Crippen LogP contribution in [0.15, 0.2) is 12.2 Å². The first-order chi connectivity index (χ1) is 7.81. The van der Waals surface area contributed by atoms with Crippen LogP contribution in [0.1, 0.15) is 12.8 Å². The Labute approximate surface area is 95.5 Å². The van der Waals surface area contributed by atoms with Gasteiger partial charge in [0.15, 0.2) is 0 Å². The first kappa shape index (κ1) is 13.5. The van der Waals surface area contributed by atoms with Crippen molar-refractivity contribution >= 4 is 11.9 Å². The maximum Gasteiger partial charge on any atom is 0.405 e. The van der Waals surface area contributed by atoms with Crippen LogP contribution >= 0.6 is 0 Å². The lowest BCUT2D eigenvalue weighted by atomic mass is 9.82. The van der Waals surface area contributed by atoms with Crippen LogP contribution in [0.4, 0.5) is 13.2 Å². The zero-order valence-electron chi connectivity index (χ0n) is 8.83. The van der Waals surface area contributed by atoms with E-state index in [4.69, 9.17) is 5.11 Å². The standard InChI is InChI=1S/C10H12F3NO3/c11-10(12,13)5-14-8(15)6-3-1-2-4-7(6)9(16)17/h1-2,6-7H,3-5H2,(H,14,15)(H,16,17). The van der Waals surface area contributed by atoms with E-state index in [2.05, 4.69) is 0 Å². The third-order valence-electron chi connectivity index (χ3n) is 2.55. The summed E-state index contributed by atoms with van der Waals surface area (Å²) in [4.78, 5) is 22.3. The van der Waals surface area contributed by atoms with Crippen LogP contribution < -0.4 is 5.32 Å². The largest absolute Gasteiger partial charge is 0.481 e. The normalized spacial score (nSPS) is 24.4. The van der Waals surface area contributed by atoms with Gasteiger partial charge in [0, 0.05) is 0 Å². The van der Waals surface area contributed by atoms with Gasteiger partial charge in [-0.05, 0) is 12.8 Å². The molecule has 0 spiro atoms. The van der Waals surface area contributed by atoms with E-state index in [9.17, 15) is 22.8 Å². The van der Waals surface area contributed by atoms with E-state index in [0.717, 1.165) is 0 Å². The van der Waals surface area contributed by atoms with Gasteiger partial charge in [0.05, 0.1) is 11.8 Å². The Morgan fingerprint density at radius 1 is 1.24 bits per heavy atom. The Bertz CT molecular complexity index is 338. The van der Waals surface area contributed by atoms with Crippen molar-refractivity contribution in [3.05, 3.63) is 12.2 Å². The number of carbonyl (C=O) groups is 2. The Kier molecular flexibility index (Phi) is 4.14. The molecule has 0 radical (unpaired) electrons. The molecule has 0 saturated heterocycles. The average Bonchev–Trinajstić information content (AvgIpc) is 2.25. The molecule has 1 aliphatic rings. The molecule has 96 valence electrons. The molecule has 0 aromatic heterocycles. The monoisotopic (exact) mass is 251 g/mol. The van der Waals surface area contributed by atoms with Crippen molar-refractivity contribution in [2.75, 3.05) is 6.54 Å². The van der Waals surface area contributed by atoms with Gasteiger partial charge in [-0.1, -0.05) is 12.2 Å². The summed E-state index contributed by atoms with van der Waals surface area (Å²) in [5.74, 6) is -3.91. The summed E-state index contributed by atoms with van der Waals surface area (Å²) < 4.78 is 35.7. The molecule has 0 bridgehead atoms. The van der Waals surface area contributed by atoms with Crippen molar-refractivity contribution in [3.8, 4) is 0 Å². The van der Waals surface area contributed by atoms with Crippen LogP contribution in [-0.4, -0.2) is 29.7 Å². The van der Waals surface area contributed by atoms with Crippen molar-refractivity contribution < 1.29 is 27.9 Å². The highest BCUT2D eigenvalue weighted by Gasteiger charge is 2.36. The quantitative estimate of drug-likeness (QED) is 0.744. The van der Waals surface area contributed by atoms with Crippen LogP contribution in [-0.2, 0) is 9.59 Å². The fourth-order valence-electron chi connectivity index (χ4n) is 1.70. The molecule has 2 N–H and O–H groups in total. The number of carboxylic acid groups (broad SMARTS) is 1. The van der Waals surface area contributed by atoms with E-state index in [0.29, 0.717) is 0 Å². The van der Waals surface area contributed by atoms with Crippen LogP contribution in [0.2, 0.25) is 0 Å². The summed E-state index contributed by atoms with van der Waals surface area (Å²) in [6.45, 7) is -1.43. The molecule has 1 aliphatic carbocycles. The molecule has 2 unspecified atom stereocenters. The second kappa shape index (κ2) is 5.20. The Balaban J connectivity index is 2.60. The molecule has 0 aromatic carbocycles. The number of halogens is 3. The summed E-state index contributed by atoms with van der Waals surface area (Å²) in [5.41, 5.74) is 0. The lowest BCUT2D eigenvalue weighted by Crippen LogP contribution is -2.42. The van der Waals surface area contributed by atoms with Gasteiger partial charge in [-0.15, -0.1) is 0 Å². The van der Waals surface area contributed by atoms with Gasteiger partial charge >= 0.3 is 12.1 Å². The molecule has 4 nitrogen and oxygen atoms in total. The predicted octanol–water partition coefficient (Wildman–Crippen LogP) is 1.33. The van der Waals surface area contributed by atoms with Crippen LogP contribution in [0, 0.1) is 11.8 Å². The van der Waals surface area contributed by atoms with E-state index >= 15 is 0 Å². The maximum atomic E-state index is 11.9. The van der Waals surface area contributed by atoms with Gasteiger partial charge in [-0.25, -0.2) is 0 Å². The number of amides is 1. The van der Waals surface area contributed by atoms with E-state index < -0.39 is 36.4 Å². The van der Waals surface area contributed by atoms with Gasteiger partial charge < -0.3 is 10.4 Å². The van der Waals surface area contributed by atoms with Gasteiger partial charge in [0.25, 0.3) is 0 Å². The first-order valence-corrected chi connectivity index (χ1v) is 5.03. The smallest absolute Gasteiger partial charge is 0.405 e. The van der Waals surface area contributed by atoms with Gasteiger partial charge in [-0.3, -0.25) is 9.59 Å². The number of aliphatic carboxylic acids is 1. The molecule has 1 amide bonds. The number of hydrogen-bond acceptors (Lipinski definition) is 2. The van der Waals surface area contributed by atoms with E-state index in [-0.39, 0.29) is 12.8 Å². The second-order valence-corrected chi connectivity index (χ2v) is 3.83. The van der Waals surface area contributed by atoms with Crippen molar-refractivity contribution in [1.82, 2.24) is 5.32 Å². The molecule has 2 atom stereocenters. The molecule has 1 rings (SSSR count). The highest BCUT2D eigenvalue weighted by Crippen LogP contribution is 2.26. The van der Waals surface area contributed by atoms with Crippen LogP contribution in [0.5, 0.6) is 0 Å². The number of allylic oxidation sites excluding steroid dienone is 2. The summed E-state index contributed by atoms with van der Waals surface area (Å²) in [6, 6.07) is 0. The Morgan fingerprint density at radius 2 is 1.76 bits per heavy atom. The zero-order valence-corrected chi connectivity index (χ0v) is 8.83. The second-order valence-electron chi connectivity index (χ2n) is 3.83.